The van der Waals surface area contributed by atoms with Crippen LogP contribution in [0, 0.1) is 0 Å². The second-order valence-corrected chi connectivity index (χ2v) is 7.09. The fraction of sp³-hybridized carbons (Fsp3) is 0.643. The smallest absolute Gasteiger partial charge is 0.0410 e. The highest BCUT2D eigenvalue weighted by atomic mass is 79.9. The molecule has 4 heteroatoms. The minimum Gasteiger partial charge on any atom is -0.313 e. The van der Waals surface area contributed by atoms with Crippen molar-refractivity contribution < 1.29 is 0 Å². The van der Waals surface area contributed by atoms with Gasteiger partial charge in [0.15, 0.2) is 0 Å². The van der Waals surface area contributed by atoms with Crippen LogP contribution >= 0.6 is 27.7 Å². The Morgan fingerprint density at radius 3 is 3.11 bits per heavy atom. The average molecular weight is 329 g/mol. The minimum atomic E-state index is 0.591. The highest BCUT2D eigenvalue weighted by Crippen LogP contribution is 2.30. The van der Waals surface area contributed by atoms with Crippen LogP contribution in [0.25, 0.3) is 0 Å². The van der Waals surface area contributed by atoms with Gasteiger partial charge in [-0.15, -0.1) is 0 Å². The second-order valence-electron chi connectivity index (χ2n) is 4.83. The molecule has 2 unspecified atom stereocenters. The maximum absolute atomic E-state index is 4.26. The lowest BCUT2D eigenvalue weighted by Crippen LogP contribution is -2.39. The largest absolute Gasteiger partial charge is 0.313 e. The first-order valence-corrected chi connectivity index (χ1v) is 8.58. The van der Waals surface area contributed by atoms with Gasteiger partial charge in [0.05, 0.1) is 0 Å². The monoisotopic (exact) mass is 328 g/mol. The number of nitrogens with one attached hydrogen (secondary N) is 1. The van der Waals surface area contributed by atoms with Crippen LogP contribution in [0.15, 0.2) is 22.9 Å². The first kappa shape index (κ1) is 14.4. The Hall–Kier alpha value is -0.0600. The molecule has 1 saturated heterocycles. The van der Waals surface area contributed by atoms with Crippen LogP contribution in [-0.4, -0.2) is 28.6 Å². The van der Waals surface area contributed by atoms with Crippen LogP contribution in [0.3, 0.4) is 0 Å². The van der Waals surface area contributed by atoms with Crippen molar-refractivity contribution in [3.63, 3.8) is 0 Å². The third-order valence-corrected chi connectivity index (χ3v) is 5.24. The zero-order valence-corrected chi connectivity index (χ0v) is 13.3. The van der Waals surface area contributed by atoms with Gasteiger partial charge < -0.3 is 5.32 Å². The van der Waals surface area contributed by atoms with Gasteiger partial charge in [0, 0.05) is 28.2 Å². The number of hydrogen-bond acceptors (Lipinski definition) is 3. The number of aromatic nitrogens is 1. The number of nitrogens with zero attached hydrogens (tertiary/aromatic N) is 1. The van der Waals surface area contributed by atoms with Gasteiger partial charge in [-0.25, -0.2) is 0 Å². The molecule has 0 amide bonds. The van der Waals surface area contributed by atoms with Crippen molar-refractivity contribution in [3.8, 4) is 0 Å². The molecule has 0 aliphatic carbocycles. The summed E-state index contributed by atoms with van der Waals surface area (Å²) in [5.74, 6) is 1.33. The van der Waals surface area contributed by atoms with Crippen molar-refractivity contribution >= 4 is 27.7 Å². The van der Waals surface area contributed by atoms with Gasteiger partial charge in [-0.05, 0) is 65.5 Å². The van der Waals surface area contributed by atoms with Crippen molar-refractivity contribution in [1.82, 2.24) is 10.3 Å². The lowest BCUT2D eigenvalue weighted by atomic mass is 10.0. The molecule has 0 bridgehead atoms. The van der Waals surface area contributed by atoms with Crippen LogP contribution in [0.1, 0.15) is 31.7 Å². The molecule has 0 aromatic carbocycles. The van der Waals surface area contributed by atoms with Gasteiger partial charge in [0.25, 0.3) is 0 Å². The van der Waals surface area contributed by atoms with Crippen LogP contribution in [0.2, 0.25) is 0 Å². The topological polar surface area (TPSA) is 24.9 Å². The molecule has 2 nitrogen and oxygen atoms in total. The van der Waals surface area contributed by atoms with Gasteiger partial charge in [-0.3, -0.25) is 4.98 Å². The van der Waals surface area contributed by atoms with Crippen molar-refractivity contribution in [3.05, 3.63) is 28.5 Å². The second kappa shape index (κ2) is 7.51. The molecule has 1 N–H and O–H groups in total. The Morgan fingerprint density at radius 2 is 2.44 bits per heavy atom. The van der Waals surface area contributed by atoms with E-state index in [-0.39, 0.29) is 0 Å². The molecule has 1 aliphatic heterocycles. The van der Waals surface area contributed by atoms with Gasteiger partial charge in [-0.1, -0.05) is 6.92 Å². The summed E-state index contributed by atoms with van der Waals surface area (Å²) in [6.07, 6.45) is 8.85. The summed E-state index contributed by atoms with van der Waals surface area (Å²) >= 11 is 5.63. The molecular weight excluding hydrogens is 308 g/mol. The fourth-order valence-corrected chi connectivity index (χ4v) is 4.21. The first-order chi connectivity index (χ1) is 8.79. The first-order valence-electron chi connectivity index (χ1n) is 6.74. The van der Waals surface area contributed by atoms with Crippen molar-refractivity contribution in [2.24, 2.45) is 0 Å². The Labute approximate surface area is 122 Å². The van der Waals surface area contributed by atoms with Gasteiger partial charge >= 0.3 is 0 Å². The van der Waals surface area contributed by atoms with Crippen molar-refractivity contribution in [2.45, 2.75) is 43.9 Å². The van der Waals surface area contributed by atoms with Gasteiger partial charge in [0.1, 0.15) is 0 Å². The van der Waals surface area contributed by atoms with E-state index in [2.05, 4.69) is 51.0 Å². The molecule has 1 aliphatic rings. The number of rotatable bonds is 6. The Bertz CT molecular complexity index is 367. The fourth-order valence-electron chi connectivity index (χ4n) is 2.41. The third kappa shape index (κ3) is 4.25. The molecular formula is C14H21BrN2S. The predicted molar refractivity (Wildman–Crippen MR) is 83.2 cm³/mol. The maximum Gasteiger partial charge on any atom is 0.0410 e. The summed E-state index contributed by atoms with van der Waals surface area (Å²) in [5.41, 5.74) is 1.32. The number of hydrogen-bond donors (Lipinski definition) is 1. The van der Waals surface area contributed by atoms with Crippen molar-refractivity contribution in [1.29, 1.82) is 0 Å². The molecule has 2 rings (SSSR count). The lowest BCUT2D eigenvalue weighted by Gasteiger charge is -2.24. The summed E-state index contributed by atoms with van der Waals surface area (Å²) in [4.78, 5) is 4.26. The molecule has 100 valence electrons. The summed E-state index contributed by atoms with van der Waals surface area (Å²) in [6, 6.07) is 2.78. The zero-order valence-electron chi connectivity index (χ0n) is 10.9. The lowest BCUT2D eigenvalue weighted by molar-refractivity contribution is 0.481. The van der Waals surface area contributed by atoms with E-state index in [4.69, 9.17) is 0 Å². The molecule has 1 aromatic rings. The van der Waals surface area contributed by atoms with Gasteiger partial charge in [0.2, 0.25) is 0 Å². The summed E-state index contributed by atoms with van der Waals surface area (Å²) < 4.78 is 1.08. The number of pyridine rings is 1. The van der Waals surface area contributed by atoms with Crippen molar-refractivity contribution in [2.75, 3.05) is 12.3 Å². The van der Waals surface area contributed by atoms with E-state index < -0.39 is 0 Å². The Kier molecular flexibility index (Phi) is 5.99. The van der Waals surface area contributed by atoms with E-state index in [9.17, 15) is 0 Å². The standard InChI is InChI=1S/C14H21BrN2S/c1-2-5-17-13(14-4-3-6-18-14)8-11-7-12(15)10-16-9-11/h7,9-10,13-14,17H,2-6,8H2,1H3. The van der Waals surface area contributed by atoms with Crippen LogP contribution in [0.5, 0.6) is 0 Å². The normalized spacial score (nSPS) is 21.1. The van der Waals surface area contributed by atoms with E-state index in [0.717, 1.165) is 22.7 Å². The summed E-state index contributed by atoms with van der Waals surface area (Å²) in [7, 11) is 0. The van der Waals surface area contributed by atoms with E-state index in [1.165, 1.54) is 30.6 Å². The van der Waals surface area contributed by atoms with Gasteiger partial charge in [-0.2, -0.15) is 11.8 Å². The maximum atomic E-state index is 4.26. The van der Waals surface area contributed by atoms with Crippen LogP contribution in [-0.2, 0) is 6.42 Å². The van der Waals surface area contributed by atoms with E-state index in [1.807, 2.05) is 12.4 Å². The predicted octanol–water partition coefficient (Wildman–Crippen LogP) is 3.65. The average Bonchev–Trinajstić information content (AvgIpc) is 2.88. The molecule has 1 fully saturated rings. The van der Waals surface area contributed by atoms with Crippen LogP contribution in [0.4, 0.5) is 0 Å². The van der Waals surface area contributed by atoms with E-state index >= 15 is 0 Å². The SMILES string of the molecule is CCCNC(Cc1cncc(Br)c1)C1CCCS1. The molecule has 0 radical (unpaired) electrons. The quantitative estimate of drug-likeness (QED) is 0.862. The molecule has 0 spiro atoms. The highest BCUT2D eigenvalue weighted by Gasteiger charge is 2.25. The summed E-state index contributed by atoms with van der Waals surface area (Å²) in [5, 5.41) is 4.49. The minimum absolute atomic E-state index is 0.591. The molecule has 1 aromatic heterocycles. The van der Waals surface area contributed by atoms with E-state index in [0.29, 0.717) is 6.04 Å². The third-order valence-electron chi connectivity index (χ3n) is 3.29. The summed E-state index contributed by atoms with van der Waals surface area (Å²) in [6.45, 7) is 3.34. The van der Waals surface area contributed by atoms with E-state index in [1.54, 1.807) is 0 Å². The molecule has 0 saturated carbocycles. The zero-order chi connectivity index (χ0) is 12.8. The number of halogens is 1. The highest BCUT2D eigenvalue weighted by molar-refractivity contribution is 9.10. The molecule has 18 heavy (non-hydrogen) atoms. The molecule has 2 atom stereocenters. The molecule has 2 heterocycles. The number of thioether (sulfide) groups is 1. The van der Waals surface area contributed by atoms with Crippen LogP contribution < -0.4 is 5.32 Å². The Balaban J connectivity index is 1.99. The Morgan fingerprint density at radius 1 is 1.56 bits per heavy atom.